The molecule has 1 atom stereocenters. The Labute approximate surface area is 169 Å². The van der Waals surface area contributed by atoms with Crippen LogP contribution in [0.25, 0.3) is 0 Å². The van der Waals surface area contributed by atoms with Gasteiger partial charge in [0.25, 0.3) is 0 Å². The predicted molar refractivity (Wildman–Crippen MR) is 115 cm³/mol. The zero-order valence-electron chi connectivity index (χ0n) is 17.8. The number of hydrogen-bond donors (Lipinski definition) is 0. The number of hydrogen-bond acceptors (Lipinski definition) is 6. The molecule has 0 bridgehead atoms. The van der Waals surface area contributed by atoms with Gasteiger partial charge < -0.3 is 9.80 Å². The normalized spacial score (nSPS) is 20.5. The topological polar surface area (TPSA) is 58.0 Å². The minimum absolute atomic E-state index is 0.784. The summed E-state index contributed by atoms with van der Waals surface area (Å²) in [6, 6.07) is 0. The number of rotatable bonds is 2. The Morgan fingerprint density at radius 3 is 1.75 bits per heavy atom. The van der Waals surface area contributed by atoms with E-state index in [9.17, 15) is 0 Å². The fourth-order valence-electron chi connectivity index (χ4n) is 3.73. The van der Waals surface area contributed by atoms with Gasteiger partial charge in [-0.05, 0) is 51.4 Å². The van der Waals surface area contributed by atoms with Crippen LogP contribution in [-0.2, 0) is 0 Å². The van der Waals surface area contributed by atoms with Gasteiger partial charge in [-0.15, -0.1) is 0 Å². The molecule has 28 heavy (non-hydrogen) atoms. The Morgan fingerprint density at radius 2 is 1.25 bits per heavy atom. The van der Waals surface area contributed by atoms with Crippen LogP contribution in [0.3, 0.4) is 0 Å². The number of nitrogens with zero attached hydrogens (tertiary/aromatic N) is 6. The van der Waals surface area contributed by atoms with Crippen LogP contribution in [0.4, 0.5) is 11.6 Å². The molecule has 0 aromatic carbocycles. The second kappa shape index (κ2) is 9.80. The molecule has 0 radical (unpaired) electrons. The molecule has 0 aliphatic carbocycles. The molecule has 4 heterocycles. The van der Waals surface area contributed by atoms with Crippen molar-refractivity contribution in [3.8, 4) is 0 Å². The van der Waals surface area contributed by atoms with Crippen molar-refractivity contribution in [2.45, 2.75) is 53.4 Å². The van der Waals surface area contributed by atoms with Crippen molar-refractivity contribution in [3.05, 3.63) is 36.2 Å². The van der Waals surface area contributed by atoms with Crippen LogP contribution in [0.15, 0.2) is 24.8 Å². The van der Waals surface area contributed by atoms with E-state index in [2.05, 4.69) is 43.6 Å². The molecular formula is C22H34N6. The summed E-state index contributed by atoms with van der Waals surface area (Å²) in [6.07, 6.45) is 12.6. The Balaban J connectivity index is 0.000000161. The third-order valence-electron chi connectivity index (χ3n) is 5.62. The van der Waals surface area contributed by atoms with Crippen LogP contribution < -0.4 is 9.80 Å². The van der Waals surface area contributed by atoms with Gasteiger partial charge >= 0.3 is 0 Å². The average molecular weight is 383 g/mol. The number of piperidine rings is 2. The molecule has 0 amide bonds. The molecule has 0 saturated carbocycles. The zero-order valence-corrected chi connectivity index (χ0v) is 17.8. The van der Waals surface area contributed by atoms with Crippen LogP contribution in [0, 0.1) is 25.7 Å². The molecule has 2 saturated heterocycles. The van der Waals surface area contributed by atoms with E-state index in [1.165, 1.54) is 25.7 Å². The average Bonchev–Trinajstić information content (AvgIpc) is 2.70. The molecule has 6 nitrogen and oxygen atoms in total. The summed E-state index contributed by atoms with van der Waals surface area (Å²) in [5, 5.41) is 0. The van der Waals surface area contributed by atoms with Crippen LogP contribution in [0.5, 0.6) is 0 Å². The maximum Gasteiger partial charge on any atom is 0.147 e. The summed E-state index contributed by atoms with van der Waals surface area (Å²) in [6.45, 7) is 13.0. The van der Waals surface area contributed by atoms with Crippen molar-refractivity contribution >= 4 is 11.6 Å². The highest BCUT2D eigenvalue weighted by Gasteiger charge is 2.18. The Hall–Kier alpha value is -2.24. The van der Waals surface area contributed by atoms with Crippen molar-refractivity contribution in [2.24, 2.45) is 11.8 Å². The van der Waals surface area contributed by atoms with Crippen LogP contribution in [0.1, 0.15) is 50.9 Å². The van der Waals surface area contributed by atoms with E-state index in [4.69, 9.17) is 0 Å². The van der Waals surface area contributed by atoms with Crippen molar-refractivity contribution < 1.29 is 0 Å². The lowest BCUT2D eigenvalue weighted by molar-refractivity contribution is 0.436. The SMILES string of the molecule is Cc1cnc(N2CCC(C)CC2)cn1.Cc1cnc(N2CCCC(C)C2)cn1. The third kappa shape index (κ3) is 5.88. The summed E-state index contributed by atoms with van der Waals surface area (Å²) in [4.78, 5) is 22.0. The molecule has 4 rings (SSSR count). The van der Waals surface area contributed by atoms with Crippen LogP contribution >= 0.6 is 0 Å². The minimum atomic E-state index is 0.784. The second-order valence-corrected chi connectivity index (χ2v) is 8.39. The Morgan fingerprint density at radius 1 is 0.679 bits per heavy atom. The first-order valence-corrected chi connectivity index (χ1v) is 10.6. The molecule has 2 aliphatic heterocycles. The first-order valence-electron chi connectivity index (χ1n) is 10.6. The van der Waals surface area contributed by atoms with Gasteiger partial charge in [0.1, 0.15) is 11.6 Å². The van der Waals surface area contributed by atoms with E-state index >= 15 is 0 Å². The Kier molecular flexibility index (Phi) is 7.18. The predicted octanol–water partition coefficient (Wildman–Crippen LogP) is 4.04. The number of anilines is 2. The summed E-state index contributed by atoms with van der Waals surface area (Å²) in [5.74, 6) is 3.71. The number of aromatic nitrogens is 4. The molecule has 0 N–H and O–H groups in total. The van der Waals surface area contributed by atoms with Crippen molar-refractivity contribution in [1.82, 2.24) is 19.9 Å². The van der Waals surface area contributed by atoms with Gasteiger partial charge in [0, 0.05) is 26.2 Å². The summed E-state index contributed by atoms with van der Waals surface area (Å²) >= 11 is 0. The molecule has 0 spiro atoms. The first-order chi connectivity index (χ1) is 13.5. The third-order valence-corrected chi connectivity index (χ3v) is 5.62. The fraction of sp³-hybridized carbons (Fsp3) is 0.636. The van der Waals surface area contributed by atoms with Gasteiger partial charge in [0.2, 0.25) is 0 Å². The lowest BCUT2D eigenvalue weighted by Crippen LogP contribution is -2.34. The maximum absolute atomic E-state index is 4.40. The quantitative estimate of drug-likeness (QED) is 0.781. The van der Waals surface area contributed by atoms with Gasteiger partial charge in [-0.25, -0.2) is 9.97 Å². The molecule has 2 aromatic rings. The standard InChI is InChI=1S/2C11H17N3/c1-9-3-5-14(6-4-9)11-8-12-10(2)7-13-11;1-9-4-3-5-14(8-9)11-7-12-10(2)6-13-11/h7-9H,3-6H2,1-2H3;6-7,9H,3-5,8H2,1-2H3. The second-order valence-electron chi connectivity index (χ2n) is 8.39. The van der Waals surface area contributed by atoms with Crippen LogP contribution in [-0.4, -0.2) is 46.1 Å². The molecule has 152 valence electrons. The molecule has 2 aromatic heterocycles. The summed E-state index contributed by atoms with van der Waals surface area (Å²) in [5.41, 5.74) is 1.97. The maximum atomic E-state index is 4.40. The van der Waals surface area contributed by atoms with E-state index in [1.54, 1.807) is 0 Å². The van der Waals surface area contributed by atoms with Gasteiger partial charge in [0.15, 0.2) is 0 Å². The van der Waals surface area contributed by atoms with Crippen molar-refractivity contribution in [1.29, 1.82) is 0 Å². The van der Waals surface area contributed by atoms with Gasteiger partial charge in [-0.1, -0.05) is 13.8 Å². The zero-order chi connectivity index (χ0) is 19.9. The molecular weight excluding hydrogens is 348 g/mol. The van der Waals surface area contributed by atoms with Gasteiger partial charge in [-0.2, -0.15) is 0 Å². The van der Waals surface area contributed by atoms with E-state index in [0.29, 0.717) is 0 Å². The highest BCUT2D eigenvalue weighted by Crippen LogP contribution is 2.21. The molecule has 1 unspecified atom stereocenters. The Bertz CT molecular complexity index is 707. The van der Waals surface area contributed by atoms with E-state index in [1.807, 2.05) is 38.6 Å². The first kappa shape index (κ1) is 20.5. The monoisotopic (exact) mass is 382 g/mol. The molecule has 2 aliphatic rings. The smallest absolute Gasteiger partial charge is 0.147 e. The van der Waals surface area contributed by atoms with Crippen molar-refractivity contribution in [3.63, 3.8) is 0 Å². The summed E-state index contributed by atoms with van der Waals surface area (Å²) < 4.78 is 0. The van der Waals surface area contributed by atoms with Crippen molar-refractivity contribution in [2.75, 3.05) is 36.0 Å². The highest BCUT2D eigenvalue weighted by atomic mass is 15.2. The van der Waals surface area contributed by atoms with Gasteiger partial charge in [-0.3, -0.25) is 9.97 Å². The van der Waals surface area contributed by atoms with E-state index in [0.717, 1.165) is 61.0 Å². The van der Waals surface area contributed by atoms with Crippen LogP contribution in [0.2, 0.25) is 0 Å². The lowest BCUT2D eigenvalue weighted by atomic mass is 9.99. The summed E-state index contributed by atoms with van der Waals surface area (Å²) in [7, 11) is 0. The minimum Gasteiger partial charge on any atom is -0.355 e. The molecule has 2 fully saturated rings. The number of aryl methyl sites for hydroxylation is 2. The van der Waals surface area contributed by atoms with E-state index in [-0.39, 0.29) is 0 Å². The van der Waals surface area contributed by atoms with Gasteiger partial charge in [0.05, 0.1) is 36.2 Å². The van der Waals surface area contributed by atoms with E-state index < -0.39 is 0 Å². The highest BCUT2D eigenvalue weighted by molar-refractivity contribution is 5.36. The fourth-order valence-corrected chi connectivity index (χ4v) is 3.73. The largest absolute Gasteiger partial charge is 0.355 e. The lowest BCUT2D eigenvalue weighted by Gasteiger charge is -2.31. The molecule has 6 heteroatoms.